The average molecular weight is 198 g/mol. The summed E-state index contributed by atoms with van der Waals surface area (Å²) < 4.78 is 5.29. The smallest absolute Gasteiger partial charge is 0.302 e. The van der Waals surface area contributed by atoms with Gasteiger partial charge in [-0.15, -0.1) is 0 Å². The Morgan fingerprint density at radius 2 is 2.00 bits per heavy atom. The second kappa shape index (κ2) is 4.81. The molecule has 1 rings (SSSR count). The molecule has 2 heteroatoms. The summed E-state index contributed by atoms with van der Waals surface area (Å²) in [7, 11) is 0. The molecule has 1 aliphatic rings. The van der Waals surface area contributed by atoms with Crippen molar-refractivity contribution in [2.75, 3.05) is 0 Å². The topological polar surface area (TPSA) is 26.3 Å². The van der Waals surface area contributed by atoms with Gasteiger partial charge >= 0.3 is 5.97 Å². The van der Waals surface area contributed by atoms with Crippen molar-refractivity contribution in [1.82, 2.24) is 0 Å². The summed E-state index contributed by atoms with van der Waals surface area (Å²) in [6.07, 6.45) is 3.63. The minimum Gasteiger partial charge on any atom is -0.462 e. The molecule has 1 aliphatic carbocycles. The summed E-state index contributed by atoms with van der Waals surface area (Å²) in [4.78, 5) is 10.9. The number of carbonyl (C=O) groups is 1. The van der Waals surface area contributed by atoms with Crippen LogP contribution in [0.4, 0.5) is 0 Å². The highest BCUT2D eigenvalue weighted by Crippen LogP contribution is 2.34. The molecule has 3 atom stereocenters. The number of ether oxygens (including phenoxy) is 1. The molecular weight excluding hydrogens is 176 g/mol. The Kier molecular flexibility index (Phi) is 3.97. The summed E-state index contributed by atoms with van der Waals surface area (Å²) in [5.41, 5.74) is 0. The number of hydrogen-bond acceptors (Lipinski definition) is 2. The van der Waals surface area contributed by atoms with Crippen LogP contribution in [0.15, 0.2) is 0 Å². The molecule has 1 saturated carbocycles. The highest BCUT2D eigenvalue weighted by molar-refractivity contribution is 5.66. The van der Waals surface area contributed by atoms with Gasteiger partial charge in [-0.3, -0.25) is 4.79 Å². The van der Waals surface area contributed by atoms with E-state index in [0.29, 0.717) is 5.92 Å². The second-order valence-electron chi connectivity index (χ2n) is 4.94. The van der Waals surface area contributed by atoms with Gasteiger partial charge in [0.2, 0.25) is 0 Å². The predicted octanol–water partition coefficient (Wildman–Crippen LogP) is 3.01. The number of hydrogen-bond donors (Lipinski definition) is 0. The molecule has 14 heavy (non-hydrogen) atoms. The Labute approximate surface area is 87.0 Å². The Balaban J connectivity index is 2.43. The number of carbonyl (C=O) groups excluding carboxylic acids is 1. The third-order valence-corrected chi connectivity index (χ3v) is 3.39. The van der Waals surface area contributed by atoms with Gasteiger partial charge in [-0.05, 0) is 37.0 Å². The van der Waals surface area contributed by atoms with E-state index in [4.69, 9.17) is 4.74 Å². The van der Waals surface area contributed by atoms with Crippen LogP contribution < -0.4 is 0 Å². The van der Waals surface area contributed by atoms with Gasteiger partial charge in [0.1, 0.15) is 6.10 Å². The molecule has 1 fully saturated rings. The lowest BCUT2D eigenvalue weighted by atomic mass is 9.75. The molecule has 0 saturated heterocycles. The molecule has 0 spiro atoms. The highest BCUT2D eigenvalue weighted by atomic mass is 16.5. The zero-order valence-electron chi connectivity index (χ0n) is 9.75. The average Bonchev–Trinajstić information content (AvgIpc) is 2.07. The molecule has 0 radical (unpaired) electrons. The molecule has 0 heterocycles. The van der Waals surface area contributed by atoms with Crippen molar-refractivity contribution in [3.63, 3.8) is 0 Å². The Morgan fingerprint density at radius 1 is 1.36 bits per heavy atom. The van der Waals surface area contributed by atoms with Gasteiger partial charge in [-0.1, -0.05) is 20.8 Å². The van der Waals surface area contributed by atoms with Crippen molar-refractivity contribution in [3.05, 3.63) is 0 Å². The third-order valence-electron chi connectivity index (χ3n) is 3.39. The molecule has 0 N–H and O–H groups in total. The van der Waals surface area contributed by atoms with Crippen LogP contribution in [0.2, 0.25) is 0 Å². The maximum atomic E-state index is 10.9. The normalized spacial score (nSPS) is 33.1. The van der Waals surface area contributed by atoms with Gasteiger partial charge in [-0.25, -0.2) is 0 Å². The van der Waals surface area contributed by atoms with Gasteiger partial charge in [-0.2, -0.15) is 0 Å². The maximum Gasteiger partial charge on any atom is 0.302 e. The summed E-state index contributed by atoms with van der Waals surface area (Å²) >= 11 is 0. The Morgan fingerprint density at radius 3 is 2.43 bits per heavy atom. The van der Waals surface area contributed by atoms with E-state index >= 15 is 0 Å². The van der Waals surface area contributed by atoms with Crippen LogP contribution in [-0.2, 0) is 9.53 Å². The van der Waals surface area contributed by atoms with E-state index in [9.17, 15) is 4.79 Å². The summed E-state index contributed by atoms with van der Waals surface area (Å²) in [6, 6.07) is 0. The van der Waals surface area contributed by atoms with Crippen LogP contribution in [0.5, 0.6) is 0 Å². The number of rotatable bonds is 2. The first kappa shape index (κ1) is 11.5. The van der Waals surface area contributed by atoms with E-state index in [1.165, 1.54) is 19.8 Å². The van der Waals surface area contributed by atoms with Crippen LogP contribution in [0.25, 0.3) is 0 Å². The van der Waals surface area contributed by atoms with Crippen molar-refractivity contribution in [2.45, 2.75) is 53.1 Å². The van der Waals surface area contributed by atoms with Crippen LogP contribution in [0, 0.1) is 17.8 Å². The van der Waals surface area contributed by atoms with Gasteiger partial charge in [0, 0.05) is 6.92 Å². The lowest BCUT2D eigenvalue weighted by Crippen LogP contribution is -2.32. The molecule has 0 bridgehead atoms. The fourth-order valence-electron chi connectivity index (χ4n) is 2.40. The van der Waals surface area contributed by atoms with E-state index in [0.717, 1.165) is 18.3 Å². The van der Waals surface area contributed by atoms with Gasteiger partial charge in [0.05, 0.1) is 0 Å². The molecule has 82 valence electrons. The van der Waals surface area contributed by atoms with Crippen molar-refractivity contribution in [3.8, 4) is 0 Å². The van der Waals surface area contributed by atoms with Gasteiger partial charge < -0.3 is 4.74 Å². The van der Waals surface area contributed by atoms with Crippen molar-refractivity contribution < 1.29 is 9.53 Å². The van der Waals surface area contributed by atoms with E-state index in [1.54, 1.807) is 0 Å². The van der Waals surface area contributed by atoms with E-state index in [2.05, 4.69) is 20.8 Å². The predicted molar refractivity (Wildman–Crippen MR) is 56.9 cm³/mol. The minimum atomic E-state index is -0.134. The minimum absolute atomic E-state index is 0.134. The molecule has 2 nitrogen and oxygen atoms in total. The van der Waals surface area contributed by atoms with E-state index < -0.39 is 0 Å². The Hall–Kier alpha value is -0.530. The van der Waals surface area contributed by atoms with Crippen molar-refractivity contribution in [1.29, 1.82) is 0 Å². The van der Waals surface area contributed by atoms with Crippen molar-refractivity contribution in [2.24, 2.45) is 17.8 Å². The first-order valence-electron chi connectivity index (χ1n) is 5.68. The highest BCUT2D eigenvalue weighted by Gasteiger charge is 2.30. The van der Waals surface area contributed by atoms with E-state index in [1.807, 2.05) is 0 Å². The Bertz CT molecular complexity index is 198. The first-order chi connectivity index (χ1) is 6.50. The zero-order valence-corrected chi connectivity index (χ0v) is 9.75. The SMILES string of the molecule is CC(=O)OC1CCC(C(C)C)CC1C. The summed E-state index contributed by atoms with van der Waals surface area (Å²) in [5.74, 6) is 1.97. The lowest BCUT2D eigenvalue weighted by Gasteiger charge is -2.35. The molecule has 0 amide bonds. The van der Waals surface area contributed by atoms with Crippen molar-refractivity contribution >= 4 is 5.97 Å². The molecule has 0 aromatic heterocycles. The standard InChI is InChI=1S/C12H22O2/c1-8(2)11-5-6-12(9(3)7-11)14-10(4)13/h8-9,11-12H,5-7H2,1-4H3. The molecule has 3 unspecified atom stereocenters. The zero-order chi connectivity index (χ0) is 10.7. The van der Waals surface area contributed by atoms with Crippen LogP contribution in [0.3, 0.4) is 0 Å². The van der Waals surface area contributed by atoms with Crippen LogP contribution in [0.1, 0.15) is 47.0 Å². The third kappa shape index (κ3) is 3.00. The van der Waals surface area contributed by atoms with Crippen LogP contribution >= 0.6 is 0 Å². The first-order valence-corrected chi connectivity index (χ1v) is 5.68. The van der Waals surface area contributed by atoms with Gasteiger partial charge in [0.15, 0.2) is 0 Å². The second-order valence-corrected chi connectivity index (χ2v) is 4.94. The fourth-order valence-corrected chi connectivity index (χ4v) is 2.40. The van der Waals surface area contributed by atoms with Gasteiger partial charge in [0.25, 0.3) is 0 Å². The lowest BCUT2D eigenvalue weighted by molar-refractivity contribution is -0.151. The van der Waals surface area contributed by atoms with Crippen LogP contribution in [-0.4, -0.2) is 12.1 Å². The summed E-state index contributed by atoms with van der Waals surface area (Å²) in [5, 5.41) is 0. The maximum absolute atomic E-state index is 10.9. The molecular formula is C12H22O2. The monoisotopic (exact) mass is 198 g/mol. The quantitative estimate of drug-likeness (QED) is 0.637. The molecule has 0 aromatic rings. The molecule has 0 aliphatic heterocycles. The summed E-state index contributed by atoms with van der Waals surface area (Å²) in [6.45, 7) is 8.26. The fraction of sp³-hybridized carbons (Fsp3) is 0.917. The molecule has 0 aromatic carbocycles. The largest absolute Gasteiger partial charge is 0.462 e. The van der Waals surface area contributed by atoms with E-state index in [-0.39, 0.29) is 12.1 Å². The number of esters is 1.